The van der Waals surface area contributed by atoms with Gasteiger partial charge in [0, 0.05) is 0 Å². The van der Waals surface area contributed by atoms with Gasteiger partial charge < -0.3 is 11.1 Å². The molecule has 10 heavy (non-hydrogen) atoms. The van der Waals surface area contributed by atoms with E-state index < -0.39 is 0 Å². The summed E-state index contributed by atoms with van der Waals surface area (Å²) in [6.45, 7) is 4.23. The molecule has 1 atom stereocenters. The van der Waals surface area contributed by atoms with Crippen molar-refractivity contribution in [2.75, 3.05) is 20.1 Å². The summed E-state index contributed by atoms with van der Waals surface area (Å²) in [7, 11) is 1.99. The van der Waals surface area contributed by atoms with Crippen LogP contribution in [0.25, 0.3) is 0 Å². The average Bonchev–Trinajstić information content (AvgIpc) is 1.89. The Hall–Kier alpha value is -0.0800. The van der Waals surface area contributed by atoms with Crippen LogP contribution in [0.1, 0.15) is 26.2 Å². The van der Waals surface area contributed by atoms with Crippen molar-refractivity contribution in [3.05, 3.63) is 0 Å². The van der Waals surface area contributed by atoms with E-state index in [0.29, 0.717) is 0 Å². The minimum Gasteiger partial charge on any atom is -0.330 e. The van der Waals surface area contributed by atoms with E-state index in [0.717, 1.165) is 19.0 Å². The molecular weight excluding hydrogens is 124 g/mol. The van der Waals surface area contributed by atoms with Crippen LogP contribution in [-0.4, -0.2) is 20.1 Å². The molecule has 0 heterocycles. The Bertz CT molecular complexity index is 64.3. The topological polar surface area (TPSA) is 38.0 Å². The first-order chi connectivity index (χ1) is 4.81. The second-order valence-corrected chi connectivity index (χ2v) is 2.93. The third-order valence-electron chi connectivity index (χ3n) is 1.78. The van der Waals surface area contributed by atoms with Gasteiger partial charge in [-0.1, -0.05) is 6.92 Å². The molecule has 0 aliphatic rings. The van der Waals surface area contributed by atoms with Crippen LogP contribution >= 0.6 is 0 Å². The van der Waals surface area contributed by atoms with E-state index in [1.54, 1.807) is 0 Å². The Morgan fingerprint density at radius 3 is 2.60 bits per heavy atom. The van der Waals surface area contributed by atoms with Gasteiger partial charge in [0.25, 0.3) is 0 Å². The second-order valence-electron chi connectivity index (χ2n) is 2.93. The molecule has 0 fully saturated rings. The molecule has 62 valence electrons. The standard InChI is InChI=1S/C8H20N2/c1-8(5-6-9)4-3-7-10-2/h8,10H,3-7,9H2,1-2H3. The number of hydrogen-bond donors (Lipinski definition) is 2. The van der Waals surface area contributed by atoms with E-state index in [-0.39, 0.29) is 0 Å². The van der Waals surface area contributed by atoms with Crippen LogP contribution in [0.15, 0.2) is 0 Å². The third-order valence-corrected chi connectivity index (χ3v) is 1.78. The summed E-state index contributed by atoms with van der Waals surface area (Å²) in [5.41, 5.74) is 5.42. The quantitative estimate of drug-likeness (QED) is 0.545. The largest absolute Gasteiger partial charge is 0.330 e. The molecule has 0 saturated carbocycles. The summed E-state index contributed by atoms with van der Waals surface area (Å²) in [6.07, 6.45) is 3.75. The molecule has 0 aromatic carbocycles. The van der Waals surface area contributed by atoms with E-state index >= 15 is 0 Å². The fourth-order valence-corrected chi connectivity index (χ4v) is 1.06. The van der Waals surface area contributed by atoms with Crippen molar-refractivity contribution >= 4 is 0 Å². The highest BCUT2D eigenvalue weighted by Gasteiger charge is 1.98. The molecule has 0 spiro atoms. The van der Waals surface area contributed by atoms with Crippen LogP contribution in [-0.2, 0) is 0 Å². The monoisotopic (exact) mass is 144 g/mol. The molecule has 2 nitrogen and oxygen atoms in total. The summed E-state index contributed by atoms with van der Waals surface area (Å²) >= 11 is 0. The number of nitrogens with two attached hydrogens (primary N) is 1. The summed E-state index contributed by atoms with van der Waals surface area (Å²) < 4.78 is 0. The minimum absolute atomic E-state index is 0.804. The Labute approximate surface area is 64.2 Å². The molecule has 0 aromatic heterocycles. The van der Waals surface area contributed by atoms with Crippen molar-refractivity contribution in [2.24, 2.45) is 11.7 Å². The lowest BCUT2D eigenvalue weighted by molar-refractivity contribution is 0.475. The molecule has 0 rings (SSSR count). The summed E-state index contributed by atoms with van der Waals surface area (Å²) in [5.74, 6) is 0.804. The van der Waals surface area contributed by atoms with Crippen LogP contribution in [0.5, 0.6) is 0 Å². The predicted octanol–water partition coefficient (Wildman–Crippen LogP) is 0.971. The van der Waals surface area contributed by atoms with E-state index in [9.17, 15) is 0 Å². The first-order valence-electron chi connectivity index (χ1n) is 4.16. The zero-order valence-electron chi connectivity index (χ0n) is 7.19. The van der Waals surface area contributed by atoms with Crippen LogP contribution in [0.4, 0.5) is 0 Å². The molecule has 0 bridgehead atoms. The lowest BCUT2D eigenvalue weighted by atomic mass is 10.0. The maximum atomic E-state index is 5.42. The van der Waals surface area contributed by atoms with Crippen LogP contribution in [0, 0.1) is 5.92 Å². The Balaban J connectivity index is 2.97. The van der Waals surface area contributed by atoms with Crippen LogP contribution in [0.3, 0.4) is 0 Å². The van der Waals surface area contributed by atoms with Crippen molar-refractivity contribution in [3.63, 3.8) is 0 Å². The minimum atomic E-state index is 0.804. The van der Waals surface area contributed by atoms with Crippen molar-refractivity contribution in [2.45, 2.75) is 26.2 Å². The molecule has 0 saturated heterocycles. The first-order valence-corrected chi connectivity index (χ1v) is 4.16. The SMILES string of the molecule is CNCCCC(C)CCN. The number of hydrogen-bond acceptors (Lipinski definition) is 2. The highest BCUT2D eigenvalue weighted by Crippen LogP contribution is 2.07. The summed E-state index contributed by atoms with van der Waals surface area (Å²) in [6, 6.07) is 0. The Morgan fingerprint density at radius 1 is 1.40 bits per heavy atom. The van der Waals surface area contributed by atoms with Gasteiger partial charge in [-0.2, -0.15) is 0 Å². The fraction of sp³-hybridized carbons (Fsp3) is 1.00. The summed E-state index contributed by atoms with van der Waals surface area (Å²) in [4.78, 5) is 0. The number of rotatable bonds is 6. The van der Waals surface area contributed by atoms with Crippen molar-refractivity contribution in [1.29, 1.82) is 0 Å². The van der Waals surface area contributed by atoms with E-state index in [1.165, 1.54) is 19.3 Å². The van der Waals surface area contributed by atoms with Gasteiger partial charge in [-0.05, 0) is 45.3 Å². The van der Waals surface area contributed by atoms with Gasteiger partial charge in [-0.15, -0.1) is 0 Å². The highest BCUT2D eigenvalue weighted by molar-refractivity contribution is 4.54. The Morgan fingerprint density at radius 2 is 2.10 bits per heavy atom. The maximum absolute atomic E-state index is 5.42. The van der Waals surface area contributed by atoms with Crippen molar-refractivity contribution in [1.82, 2.24) is 5.32 Å². The smallest absolute Gasteiger partial charge is 0.00518 e. The van der Waals surface area contributed by atoms with Gasteiger partial charge in [0.1, 0.15) is 0 Å². The lowest BCUT2D eigenvalue weighted by Crippen LogP contribution is -2.11. The second kappa shape index (κ2) is 7.03. The van der Waals surface area contributed by atoms with E-state index in [4.69, 9.17) is 5.73 Å². The zero-order valence-corrected chi connectivity index (χ0v) is 7.19. The number of nitrogens with one attached hydrogen (secondary N) is 1. The molecular formula is C8H20N2. The van der Waals surface area contributed by atoms with Gasteiger partial charge >= 0.3 is 0 Å². The first kappa shape index (κ1) is 9.92. The molecule has 0 radical (unpaired) electrons. The molecule has 0 amide bonds. The molecule has 1 unspecified atom stereocenters. The van der Waals surface area contributed by atoms with Gasteiger partial charge in [0.15, 0.2) is 0 Å². The van der Waals surface area contributed by atoms with Crippen LogP contribution in [0.2, 0.25) is 0 Å². The Kier molecular flexibility index (Phi) is 6.98. The molecule has 0 aliphatic heterocycles. The zero-order chi connectivity index (χ0) is 7.82. The van der Waals surface area contributed by atoms with E-state index in [2.05, 4.69) is 12.2 Å². The van der Waals surface area contributed by atoms with Gasteiger partial charge in [0.2, 0.25) is 0 Å². The summed E-state index contributed by atoms with van der Waals surface area (Å²) in [5, 5.41) is 3.13. The predicted molar refractivity (Wildman–Crippen MR) is 46.0 cm³/mol. The average molecular weight is 144 g/mol. The van der Waals surface area contributed by atoms with Gasteiger partial charge in [-0.3, -0.25) is 0 Å². The maximum Gasteiger partial charge on any atom is -0.00518 e. The van der Waals surface area contributed by atoms with Gasteiger partial charge in [-0.25, -0.2) is 0 Å². The highest BCUT2D eigenvalue weighted by atomic mass is 14.8. The van der Waals surface area contributed by atoms with E-state index in [1.807, 2.05) is 7.05 Å². The van der Waals surface area contributed by atoms with Crippen LogP contribution < -0.4 is 11.1 Å². The molecule has 3 N–H and O–H groups in total. The molecule has 0 aliphatic carbocycles. The third kappa shape index (κ3) is 6.05. The molecule has 2 heteroatoms. The van der Waals surface area contributed by atoms with Gasteiger partial charge in [0.05, 0.1) is 0 Å². The normalized spacial score (nSPS) is 13.5. The molecule has 0 aromatic rings. The fourth-order valence-electron chi connectivity index (χ4n) is 1.06. The lowest BCUT2D eigenvalue weighted by Gasteiger charge is -2.08. The van der Waals surface area contributed by atoms with Crippen molar-refractivity contribution < 1.29 is 0 Å². The van der Waals surface area contributed by atoms with Crippen molar-refractivity contribution in [3.8, 4) is 0 Å².